The van der Waals surface area contributed by atoms with E-state index >= 15 is 0 Å². The molecule has 0 aliphatic rings. The summed E-state index contributed by atoms with van der Waals surface area (Å²) in [5.74, 6) is -0.126. The Kier molecular flexibility index (Phi) is 7.30. The summed E-state index contributed by atoms with van der Waals surface area (Å²) < 4.78 is 5.43. The van der Waals surface area contributed by atoms with E-state index < -0.39 is 0 Å². The number of halogens is 2. The molecule has 0 atom stereocenters. The maximum Gasteiger partial charge on any atom is 0.255 e. The molecular weight excluding hydrogens is 375 g/mol. The summed E-state index contributed by atoms with van der Waals surface area (Å²) in [5.41, 5.74) is 1.13. The van der Waals surface area contributed by atoms with Gasteiger partial charge < -0.3 is 15.0 Å². The van der Waals surface area contributed by atoms with E-state index in [9.17, 15) is 9.59 Å². The number of ether oxygens (including phenoxy) is 1. The van der Waals surface area contributed by atoms with Gasteiger partial charge in [-0.1, -0.05) is 47.5 Å². The Balaban J connectivity index is 1.95. The third-order valence-electron chi connectivity index (χ3n) is 3.70. The highest BCUT2D eigenvalue weighted by Gasteiger charge is 2.16. The first-order valence-corrected chi connectivity index (χ1v) is 8.86. The molecule has 0 aromatic heterocycles. The number of nitrogens with one attached hydrogen (secondary N) is 1. The molecule has 138 valence electrons. The van der Waals surface area contributed by atoms with Gasteiger partial charge in [0, 0.05) is 13.6 Å². The van der Waals surface area contributed by atoms with Crippen LogP contribution in [0.15, 0.2) is 42.5 Å². The molecule has 0 spiro atoms. The quantitative estimate of drug-likeness (QED) is 0.776. The smallest absolute Gasteiger partial charge is 0.255 e. The van der Waals surface area contributed by atoms with Gasteiger partial charge in [0.25, 0.3) is 5.91 Å². The number of para-hydroxylation sites is 1. The maximum absolute atomic E-state index is 12.3. The van der Waals surface area contributed by atoms with Crippen LogP contribution in [0, 0.1) is 0 Å². The van der Waals surface area contributed by atoms with Crippen LogP contribution < -0.4 is 10.1 Å². The molecule has 0 fully saturated rings. The molecule has 0 aliphatic heterocycles. The molecule has 2 amide bonds. The van der Waals surface area contributed by atoms with E-state index in [0.29, 0.717) is 34.5 Å². The van der Waals surface area contributed by atoms with Crippen LogP contribution in [0.4, 0.5) is 0 Å². The van der Waals surface area contributed by atoms with E-state index in [2.05, 4.69) is 5.32 Å². The average molecular weight is 395 g/mol. The number of nitrogens with zero attached hydrogens (tertiary/aromatic N) is 1. The van der Waals surface area contributed by atoms with Crippen LogP contribution in [0.2, 0.25) is 10.0 Å². The Morgan fingerprint density at radius 3 is 2.58 bits per heavy atom. The normalized spacial score (nSPS) is 10.3. The Labute approximate surface area is 162 Å². The zero-order valence-electron chi connectivity index (χ0n) is 14.6. The summed E-state index contributed by atoms with van der Waals surface area (Å²) in [5, 5.41) is 3.48. The fraction of sp³-hybridized carbons (Fsp3) is 0.263. The van der Waals surface area contributed by atoms with Gasteiger partial charge in [0.2, 0.25) is 5.91 Å². The molecule has 2 aromatic carbocycles. The topological polar surface area (TPSA) is 58.6 Å². The van der Waals surface area contributed by atoms with Gasteiger partial charge in [-0.15, -0.1) is 0 Å². The lowest BCUT2D eigenvalue weighted by Gasteiger charge is -2.19. The van der Waals surface area contributed by atoms with E-state index in [-0.39, 0.29) is 18.4 Å². The summed E-state index contributed by atoms with van der Waals surface area (Å²) in [6.07, 6.45) is 0. The monoisotopic (exact) mass is 394 g/mol. The first-order chi connectivity index (χ1) is 12.4. The number of hydrogen-bond donors (Lipinski definition) is 1. The molecule has 7 heteroatoms. The highest BCUT2D eigenvalue weighted by Crippen LogP contribution is 2.26. The van der Waals surface area contributed by atoms with Gasteiger partial charge in [0.05, 0.1) is 28.8 Å². The Morgan fingerprint density at radius 2 is 1.85 bits per heavy atom. The predicted octanol–water partition coefficient (Wildman–Crippen LogP) is 3.78. The number of rotatable bonds is 7. The first-order valence-electron chi connectivity index (χ1n) is 8.11. The summed E-state index contributed by atoms with van der Waals surface area (Å²) in [6, 6.07) is 12.2. The van der Waals surface area contributed by atoms with Crippen molar-refractivity contribution in [2.45, 2.75) is 13.5 Å². The zero-order valence-corrected chi connectivity index (χ0v) is 16.1. The van der Waals surface area contributed by atoms with E-state index in [0.717, 1.165) is 5.56 Å². The van der Waals surface area contributed by atoms with Crippen LogP contribution in [0.5, 0.6) is 5.75 Å². The lowest BCUT2D eigenvalue weighted by atomic mass is 10.2. The van der Waals surface area contributed by atoms with Crippen molar-refractivity contribution in [2.75, 3.05) is 20.2 Å². The Bertz CT molecular complexity index is 796. The van der Waals surface area contributed by atoms with Crippen molar-refractivity contribution >= 4 is 35.0 Å². The summed E-state index contributed by atoms with van der Waals surface area (Å²) in [6.45, 7) is 2.46. The minimum atomic E-state index is -0.364. The van der Waals surface area contributed by atoms with Crippen LogP contribution in [0.3, 0.4) is 0 Å². The highest BCUT2D eigenvalue weighted by molar-refractivity contribution is 6.42. The van der Waals surface area contributed by atoms with Crippen molar-refractivity contribution in [2.24, 2.45) is 0 Å². The number of likely N-dealkylation sites (N-methyl/N-ethyl adjacent to an activating group) is 1. The van der Waals surface area contributed by atoms with Crippen molar-refractivity contribution in [1.29, 1.82) is 0 Å². The molecule has 0 radical (unpaired) electrons. The molecule has 5 nitrogen and oxygen atoms in total. The molecular formula is C19H20Cl2N2O3. The van der Waals surface area contributed by atoms with Gasteiger partial charge in [-0.2, -0.15) is 0 Å². The van der Waals surface area contributed by atoms with Crippen molar-refractivity contribution in [1.82, 2.24) is 10.2 Å². The fourth-order valence-corrected chi connectivity index (χ4v) is 2.72. The molecule has 26 heavy (non-hydrogen) atoms. The molecule has 1 N–H and O–H groups in total. The van der Waals surface area contributed by atoms with E-state index in [1.54, 1.807) is 49.5 Å². The zero-order chi connectivity index (χ0) is 19.1. The van der Waals surface area contributed by atoms with Crippen molar-refractivity contribution in [3.05, 3.63) is 63.6 Å². The van der Waals surface area contributed by atoms with Crippen molar-refractivity contribution in [3.8, 4) is 5.75 Å². The van der Waals surface area contributed by atoms with Gasteiger partial charge >= 0.3 is 0 Å². The number of carbonyl (C=O) groups excluding carboxylic acids is 2. The van der Waals surface area contributed by atoms with Crippen molar-refractivity contribution in [3.63, 3.8) is 0 Å². The van der Waals surface area contributed by atoms with Crippen molar-refractivity contribution < 1.29 is 14.3 Å². The molecule has 2 aromatic rings. The van der Waals surface area contributed by atoms with Crippen LogP contribution in [0.25, 0.3) is 0 Å². The predicted molar refractivity (Wildman–Crippen MR) is 103 cm³/mol. The third kappa shape index (κ3) is 5.13. The van der Waals surface area contributed by atoms with Crippen LogP contribution >= 0.6 is 23.2 Å². The van der Waals surface area contributed by atoms with E-state index in [1.165, 1.54) is 4.90 Å². The van der Waals surface area contributed by atoms with Crippen LogP contribution in [-0.4, -0.2) is 36.9 Å². The summed E-state index contributed by atoms with van der Waals surface area (Å²) >= 11 is 12.1. The lowest BCUT2D eigenvalue weighted by Crippen LogP contribution is -2.38. The Morgan fingerprint density at radius 1 is 1.12 bits per heavy atom. The SMILES string of the molecule is CCOc1ccccc1C(=O)NCC(=O)N(C)Cc1cccc(Cl)c1Cl. The number of amides is 2. The second kappa shape index (κ2) is 9.46. The van der Waals surface area contributed by atoms with Gasteiger partial charge in [0.1, 0.15) is 5.75 Å². The highest BCUT2D eigenvalue weighted by atomic mass is 35.5. The van der Waals surface area contributed by atoms with Gasteiger partial charge in [-0.05, 0) is 30.7 Å². The van der Waals surface area contributed by atoms with Crippen LogP contribution in [0.1, 0.15) is 22.8 Å². The molecule has 0 saturated heterocycles. The number of carbonyl (C=O) groups is 2. The van der Waals surface area contributed by atoms with E-state index in [4.69, 9.17) is 27.9 Å². The fourth-order valence-electron chi connectivity index (χ4n) is 2.34. The first kappa shape index (κ1) is 20.1. The molecule has 2 rings (SSSR count). The molecule has 0 bridgehead atoms. The van der Waals surface area contributed by atoms with E-state index in [1.807, 2.05) is 6.92 Å². The molecule has 0 unspecified atom stereocenters. The minimum absolute atomic E-state index is 0.131. The van der Waals surface area contributed by atoms with Crippen LogP contribution in [-0.2, 0) is 11.3 Å². The summed E-state index contributed by atoms with van der Waals surface area (Å²) in [4.78, 5) is 26.1. The second-order valence-electron chi connectivity index (χ2n) is 5.57. The number of benzene rings is 2. The minimum Gasteiger partial charge on any atom is -0.493 e. The summed E-state index contributed by atoms with van der Waals surface area (Å²) in [7, 11) is 1.64. The standard InChI is InChI=1S/C19H20Cl2N2O3/c1-3-26-16-10-5-4-8-14(16)19(25)22-11-17(24)23(2)12-13-7-6-9-15(20)18(13)21/h4-10H,3,11-12H2,1-2H3,(H,22,25). The second-order valence-corrected chi connectivity index (χ2v) is 6.36. The average Bonchev–Trinajstić information content (AvgIpc) is 2.64. The maximum atomic E-state index is 12.3. The van der Waals surface area contributed by atoms with Gasteiger partial charge in [0.15, 0.2) is 0 Å². The van der Waals surface area contributed by atoms with Gasteiger partial charge in [-0.25, -0.2) is 0 Å². The largest absolute Gasteiger partial charge is 0.493 e. The molecule has 0 heterocycles. The number of hydrogen-bond acceptors (Lipinski definition) is 3. The third-order valence-corrected chi connectivity index (χ3v) is 4.55. The molecule has 0 saturated carbocycles. The Hall–Kier alpha value is -2.24. The van der Waals surface area contributed by atoms with Gasteiger partial charge in [-0.3, -0.25) is 9.59 Å². The lowest BCUT2D eigenvalue weighted by molar-refractivity contribution is -0.129. The molecule has 0 aliphatic carbocycles.